The molecule has 0 aliphatic rings. The molecule has 1 amide bonds. The van der Waals surface area contributed by atoms with Crippen molar-refractivity contribution < 1.29 is 18.7 Å². The van der Waals surface area contributed by atoms with E-state index in [1.165, 1.54) is 17.7 Å². The van der Waals surface area contributed by atoms with Crippen LogP contribution in [-0.2, 0) is 12.0 Å². The molecule has 0 aromatic heterocycles. The van der Waals surface area contributed by atoms with Crippen molar-refractivity contribution >= 4 is 5.91 Å². The van der Waals surface area contributed by atoms with Crippen molar-refractivity contribution in [2.75, 3.05) is 7.11 Å². The number of amides is 1. The SMILES string of the molecule is COc1ccc(C(=O)N[C@@H](C)c2ccc(F)cc2)cc1COc1ccc(C(C)(C)C)cc1. The summed E-state index contributed by atoms with van der Waals surface area (Å²) in [6.45, 7) is 8.64. The van der Waals surface area contributed by atoms with Crippen LogP contribution < -0.4 is 14.8 Å². The number of halogens is 1. The van der Waals surface area contributed by atoms with Crippen LogP contribution in [0.1, 0.15) is 60.8 Å². The highest BCUT2D eigenvalue weighted by Crippen LogP contribution is 2.26. The molecule has 0 spiro atoms. The van der Waals surface area contributed by atoms with Gasteiger partial charge in [0.25, 0.3) is 5.91 Å². The van der Waals surface area contributed by atoms with Gasteiger partial charge in [-0.15, -0.1) is 0 Å². The summed E-state index contributed by atoms with van der Waals surface area (Å²) in [7, 11) is 1.59. The molecule has 0 aliphatic carbocycles. The van der Waals surface area contributed by atoms with E-state index in [1.54, 1.807) is 37.4 Å². The summed E-state index contributed by atoms with van der Waals surface area (Å²) in [5.74, 6) is 0.875. The molecular weight excluding hydrogens is 405 g/mol. The number of rotatable bonds is 7. The van der Waals surface area contributed by atoms with Crippen molar-refractivity contribution in [2.45, 2.75) is 45.8 Å². The second kappa shape index (κ2) is 9.86. The van der Waals surface area contributed by atoms with Gasteiger partial charge in [0, 0.05) is 11.1 Å². The van der Waals surface area contributed by atoms with Crippen LogP contribution >= 0.6 is 0 Å². The molecule has 4 nitrogen and oxygen atoms in total. The Hall–Kier alpha value is -3.34. The van der Waals surface area contributed by atoms with Crippen LogP contribution in [0.2, 0.25) is 0 Å². The molecule has 0 unspecified atom stereocenters. The fourth-order valence-electron chi connectivity index (χ4n) is 3.36. The Morgan fingerprint density at radius 1 is 1.00 bits per heavy atom. The molecule has 3 aromatic carbocycles. The van der Waals surface area contributed by atoms with Crippen LogP contribution in [-0.4, -0.2) is 13.0 Å². The lowest BCUT2D eigenvalue weighted by molar-refractivity contribution is 0.0939. The minimum atomic E-state index is -0.305. The largest absolute Gasteiger partial charge is 0.496 e. The van der Waals surface area contributed by atoms with Crippen LogP contribution in [0.4, 0.5) is 4.39 Å². The van der Waals surface area contributed by atoms with Gasteiger partial charge in [0.2, 0.25) is 0 Å². The van der Waals surface area contributed by atoms with Crippen molar-refractivity contribution in [3.63, 3.8) is 0 Å². The van der Waals surface area contributed by atoms with Gasteiger partial charge in [0.1, 0.15) is 23.9 Å². The van der Waals surface area contributed by atoms with Crippen LogP contribution in [0.15, 0.2) is 66.7 Å². The summed E-state index contributed by atoms with van der Waals surface area (Å²) in [5.41, 5.74) is 3.41. The van der Waals surface area contributed by atoms with Gasteiger partial charge in [-0.05, 0) is 65.9 Å². The lowest BCUT2D eigenvalue weighted by Gasteiger charge is -2.19. The first-order valence-electron chi connectivity index (χ1n) is 10.6. The summed E-state index contributed by atoms with van der Waals surface area (Å²) in [4.78, 5) is 12.8. The Morgan fingerprint density at radius 3 is 2.25 bits per heavy atom. The molecule has 0 bridgehead atoms. The molecule has 32 heavy (non-hydrogen) atoms. The molecule has 3 aromatic rings. The van der Waals surface area contributed by atoms with E-state index in [4.69, 9.17) is 9.47 Å². The highest BCUT2D eigenvalue weighted by Gasteiger charge is 2.15. The zero-order valence-electron chi connectivity index (χ0n) is 19.2. The zero-order valence-corrected chi connectivity index (χ0v) is 19.2. The monoisotopic (exact) mass is 435 g/mol. The van der Waals surface area contributed by atoms with Gasteiger partial charge in [-0.1, -0.05) is 45.0 Å². The topological polar surface area (TPSA) is 47.6 Å². The van der Waals surface area contributed by atoms with E-state index in [0.717, 1.165) is 16.9 Å². The van der Waals surface area contributed by atoms with Gasteiger partial charge in [-0.25, -0.2) is 4.39 Å². The fraction of sp³-hybridized carbons (Fsp3) is 0.296. The quantitative estimate of drug-likeness (QED) is 0.480. The van der Waals surface area contributed by atoms with E-state index in [0.29, 0.717) is 11.3 Å². The lowest BCUT2D eigenvalue weighted by Crippen LogP contribution is -2.26. The van der Waals surface area contributed by atoms with Gasteiger partial charge in [0.05, 0.1) is 13.2 Å². The number of carbonyl (C=O) groups is 1. The van der Waals surface area contributed by atoms with Gasteiger partial charge in [0.15, 0.2) is 0 Å². The Balaban J connectivity index is 1.70. The number of hydrogen-bond donors (Lipinski definition) is 1. The van der Waals surface area contributed by atoms with Crippen LogP contribution in [0.25, 0.3) is 0 Å². The molecule has 0 radical (unpaired) electrons. The molecule has 0 aliphatic heterocycles. The van der Waals surface area contributed by atoms with E-state index in [-0.39, 0.29) is 29.8 Å². The highest BCUT2D eigenvalue weighted by molar-refractivity contribution is 5.94. The number of nitrogens with one attached hydrogen (secondary N) is 1. The maximum absolute atomic E-state index is 13.1. The Morgan fingerprint density at radius 2 is 1.66 bits per heavy atom. The normalized spacial score (nSPS) is 12.2. The molecule has 0 saturated heterocycles. The van der Waals surface area contributed by atoms with Crippen molar-refractivity contribution in [3.8, 4) is 11.5 Å². The molecule has 168 valence electrons. The minimum absolute atomic E-state index is 0.0779. The molecular formula is C27H30FNO3. The van der Waals surface area contributed by atoms with E-state index in [2.05, 4.69) is 38.2 Å². The van der Waals surface area contributed by atoms with Crippen molar-refractivity contribution in [3.05, 3.63) is 94.8 Å². The van der Waals surface area contributed by atoms with E-state index < -0.39 is 0 Å². The van der Waals surface area contributed by atoms with E-state index in [1.807, 2.05) is 19.1 Å². The number of methoxy groups -OCH3 is 1. The lowest BCUT2D eigenvalue weighted by atomic mass is 9.87. The summed E-state index contributed by atoms with van der Waals surface area (Å²) < 4.78 is 24.5. The maximum Gasteiger partial charge on any atom is 0.251 e. The number of hydrogen-bond acceptors (Lipinski definition) is 3. The summed E-state index contributed by atoms with van der Waals surface area (Å²) in [6.07, 6.45) is 0. The molecule has 0 fully saturated rings. The van der Waals surface area contributed by atoms with E-state index in [9.17, 15) is 9.18 Å². The third-order valence-electron chi connectivity index (χ3n) is 5.37. The van der Waals surface area contributed by atoms with Gasteiger partial charge in [-0.3, -0.25) is 4.79 Å². The Labute approximate surface area is 189 Å². The zero-order chi connectivity index (χ0) is 23.3. The molecule has 5 heteroatoms. The highest BCUT2D eigenvalue weighted by atomic mass is 19.1. The number of benzene rings is 3. The van der Waals surface area contributed by atoms with Gasteiger partial charge >= 0.3 is 0 Å². The summed E-state index contributed by atoms with van der Waals surface area (Å²) in [5, 5.41) is 2.95. The molecule has 0 heterocycles. The first-order chi connectivity index (χ1) is 15.2. The second-order valence-corrected chi connectivity index (χ2v) is 8.84. The molecule has 1 N–H and O–H groups in total. The van der Waals surface area contributed by atoms with Crippen LogP contribution in [0.5, 0.6) is 11.5 Å². The predicted octanol–water partition coefficient (Wildman–Crippen LogP) is 6.20. The Kier molecular flexibility index (Phi) is 7.18. The third kappa shape index (κ3) is 5.88. The van der Waals surface area contributed by atoms with Crippen LogP contribution in [0, 0.1) is 5.82 Å². The molecule has 3 rings (SSSR count). The fourth-order valence-corrected chi connectivity index (χ4v) is 3.36. The average molecular weight is 436 g/mol. The van der Waals surface area contributed by atoms with Crippen molar-refractivity contribution in [1.82, 2.24) is 5.32 Å². The summed E-state index contributed by atoms with van der Waals surface area (Å²) >= 11 is 0. The first-order valence-corrected chi connectivity index (χ1v) is 10.6. The summed E-state index contributed by atoms with van der Waals surface area (Å²) in [6, 6.07) is 19.1. The van der Waals surface area contributed by atoms with E-state index >= 15 is 0 Å². The third-order valence-corrected chi connectivity index (χ3v) is 5.37. The molecule has 0 saturated carbocycles. The second-order valence-electron chi connectivity index (χ2n) is 8.84. The predicted molar refractivity (Wildman–Crippen MR) is 125 cm³/mol. The standard InChI is InChI=1S/C27H30FNO3/c1-18(19-6-11-23(28)12-7-19)29-26(30)20-8-15-25(31-5)21(16-20)17-32-24-13-9-22(10-14-24)27(2,3)4/h6-16,18H,17H2,1-5H3,(H,29,30)/t18-/m0/s1. The van der Waals surface area contributed by atoms with Crippen molar-refractivity contribution in [2.24, 2.45) is 0 Å². The smallest absolute Gasteiger partial charge is 0.251 e. The average Bonchev–Trinajstić information content (AvgIpc) is 2.77. The minimum Gasteiger partial charge on any atom is -0.496 e. The van der Waals surface area contributed by atoms with Gasteiger partial charge in [-0.2, -0.15) is 0 Å². The van der Waals surface area contributed by atoms with Crippen molar-refractivity contribution in [1.29, 1.82) is 0 Å². The van der Waals surface area contributed by atoms with Crippen LogP contribution in [0.3, 0.4) is 0 Å². The number of ether oxygens (including phenoxy) is 2. The first kappa shape index (κ1) is 23.3. The maximum atomic E-state index is 13.1. The Bertz CT molecular complexity index is 1050. The van der Waals surface area contributed by atoms with Gasteiger partial charge < -0.3 is 14.8 Å². The number of carbonyl (C=O) groups excluding carboxylic acids is 1. The molecule has 1 atom stereocenters.